The molecule has 14 rings (SSSR count). The van der Waals surface area contributed by atoms with Gasteiger partial charge in [0.25, 0.3) is 0 Å². The Morgan fingerprint density at radius 2 is 0.818 bits per heavy atom. The Labute approximate surface area is 389 Å². The Bertz CT molecular complexity index is 3850. The molecular formula is C64H45NS. The molecule has 11 aromatic rings. The van der Waals surface area contributed by atoms with Gasteiger partial charge in [-0.2, -0.15) is 0 Å². The minimum atomic E-state index is -0.224. The number of anilines is 3. The van der Waals surface area contributed by atoms with Gasteiger partial charge in [-0.3, -0.25) is 0 Å². The van der Waals surface area contributed by atoms with Gasteiger partial charge in [0, 0.05) is 47.8 Å². The quantitative estimate of drug-likeness (QED) is 0.167. The van der Waals surface area contributed by atoms with Gasteiger partial charge in [-0.1, -0.05) is 179 Å². The lowest BCUT2D eigenvalue weighted by Crippen LogP contribution is -2.18. The van der Waals surface area contributed by atoms with Crippen molar-refractivity contribution in [2.75, 3.05) is 4.90 Å². The average Bonchev–Trinajstić information content (AvgIpc) is 4.04. The van der Waals surface area contributed by atoms with Crippen molar-refractivity contribution in [1.29, 1.82) is 0 Å². The van der Waals surface area contributed by atoms with Crippen molar-refractivity contribution >= 4 is 59.3 Å². The molecular weight excluding hydrogens is 815 g/mol. The molecule has 2 heteroatoms. The van der Waals surface area contributed by atoms with Crippen LogP contribution in [0, 0.1) is 0 Å². The summed E-state index contributed by atoms with van der Waals surface area (Å²) in [6.45, 7) is 9.65. The standard InChI is InChI=1S/C64H45NS/c1-63(2)55-34-39(38-14-6-5-7-15-38)24-28-46(55)48-30-26-41(36-57(48)63)65(59-33-32-52-45-17-9-8-16-44(45)51-20-13-22-54(59)61(51)52)42-27-31-49-47-29-25-40(35-56(47)64(3,4)58(49)37-42)43-19-12-21-53-50-18-10-11-23-60(50)66-62(43)53/h5-37H,1-4H3. The van der Waals surface area contributed by atoms with E-state index in [-0.39, 0.29) is 10.8 Å². The van der Waals surface area contributed by atoms with Crippen LogP contribution in [-0.4, -0.2) is 0 Å². The third-order valence-electron chi connectivity index (χ3n) is 15.4. The molecule has 1 heterocycles. The van der Waals surface area contributed by atoms with E-state index >= 15 is 0 Å². The SMILES string of the molecule is CC1(C)c2cc(-c3ccccc3)ccc2-c2ccc(N(c3ccc4c(c3)C(C)(C)c3cc(-c5cccc6c5sc5ccccc56)ccc3-4)c3ccc4c5c(cccc35)-c3ccccc3-4)cc21. The average molecular weight is 860 g/mol. The predicted molar refractivity (Wildman–Crippen MR) is 282 cm³/mol. The predicted octanol–water partition coefficient (Wildman–Crippen LogP) is 18.3. The minimum Gasteiger partial charge on any atom is -0.310 e. The van der Waals surface area contributed by atoms with E-state index in [0.717, 1.165) is 0 Å². The summed E-state index contributed by atoms with van der Waals surface area (Å²) in [5.41, 5.74) is 24.2. The molecule has 3 aliphatic rings. The summed E-state index contributed by atoms with van der Waals surface area (Å²) >= 11 is 1.91. The molecule has 66 heavy (non-hydrogen) atoms. The van der Waals surface area contributed by atoms with Gasteiger partial charge in [0.15, 0.2) is 0 Å². The van der Waals surface area contributed by atoms with E-state index in [0.29, 0.717) is 0 Å². The molecule has 312 valence electrons. The van der Waals surface area contributed by atoms with Crippen molar-refractivity contribution < 1.29 is 0 Å². The number of thiophene rings is 1. The molecule has 0 spiro atoms. The Kier molecular flexibility index (Phi) is 7.74. The van der Waals surface area contributed by atoms with Gasteiger partial charge in [-0.25, -0.2) is 0 Å². The maximum Gasteiger partial charge on any atom is 0.0540 e. The second-order valence-corrected chi connectivity index (χ2v) is 20.7. The monoisotopic (exact) mass is 859 g/mol. The number of rotatable bonds is 5. The van der Waals surface area contributed by atoms with Crippen molar-refractivity contribution in [2.24, 2.45) is 0 Å². The van der Waals surface area contributed by atoms with Crippen LogP contribution in [0.15, 0.2) is 200 Å². The summed E-state index contributed by atoms with van der Waals surface area (Å²) in [5.74, 6) is 0. The van der Waals surface area contributed by atoms with Crippen molar-refractivity contribution in [2.45, 2.75) is 38.5 Å². The number of hydrogen-bond acceptors (Lipinski definition) is 2. The van der Waals surface area contributed by atoms with Crippen LogP contribution >= 0.6 is 11.3 Å². The zero-order chi connectivity index (χ0) is 44.1. The van der Waals surface area contributed by atoms with Crippen molar-refractivity contribution in [3.05, 3.63) is 222 Å². The lowest BCUT2D eigenvalue weighted by atomic mass is 9.81. The van der Waals surface area contributed by atoms with Crippen LogP contribution < -0.4 is 4.90 Å². The van der Waals surface area contributed by atoms with Gasteiger partial charge in [0.1, 0.15) is 0 Å². The highest BCUT2D eigenvalue weighted by molar-refractivity contribution is 7.26. The van der Waals surface area contributed by atoms with Gasteiger partial charge in [0.2, 0.25) is 0 Å². The Morgan fingerprint density at radius 3 is 1.50 bits per heavy atom. The van der Waals surface area contributed by atoms with E-state index in [2.05, 4.69) is 233 Å². The van der Waals surface area contributed by atoms with Crippen molar-refractivity contribution in [3.63, 3.8) is 0 Å². The van der Waals surface area contributed by atoms with Gasteiger partial charge in [0.05, 0.1) is 5.69 Å². The number of nitrogens with zero attached hydrogens (tertiary/aromatic N) is 1. The van der Waals surface area contributed by atoms with Crippen molar-refractivity contribution in [3.8, 4) is 66.8 Å². The number of fused-ring (bicyclic) bond motifs is 12. The van der Waals surface area contributed by atoms with Crippen LogP contribution in [0.1, 0.15) is 49.9 Å². The second kappa shape index (κ2) is 13.5. The lowest BCUT2D eigenvalue weighted by Gasteiger charge is -2.30. The van der Waals surface area contributed by atoms with Gasteiger partial charge < -0.3 is 4.90 Å². The van der Waals surface area contributed by atoms with Crippen LogP contribution in [0.4, 0.5) is 17.1 Å². The topological polar surface area (TPSA) is 3.24 Å². The van der Waals surface area contributed by atoms with Crippen molar-refractivity contribution in [1.82, 2.24) is 0 Å². The smallest absolute Gasteiger partial charge is 0.0540 e. The van der Waals surface area contributed by atoms with Gasteiger partial charge in [-0.15, -0.1) is 11.3 Å². The maximum absolute atomic E-state index is 2.55. The summed E-state index contributed by atoms with van der Waals surface area (Å²) in [5, 5.41) is 5.27. The molecule has 0 saturated carbocycles. The fourth-order valence-corrected chi connectivity index (χ4v) is 13.3. The fraction of sp³-hybridized carbons (Fsp3) is 0.0938. The Balaban J connectivity index is 0.932. The molecule has 0 fully saturated rings. The maximum atomic E-state index is 2.55. The lowest BCUT2D eigenvalue weighted by molar-refractivity contribution is 0.660. The summed E-state index contributed by atoms with van der Waals surface area (Å²) in [6, 6.07) is 75.7. The Hall–Kier alpha value is -7.52. The van der Waals surface area contributed by atoms with Crippen LogP contribution in [0.2, 0.25) is 0 Å². The number of benzene rings is 10. The van der Waals surface area contributed by atoms with Crippen LogP contribution in [0.25, 0.3) is 97.7 Å². The van der Waals surface area contributed by atoms with Crippen LogP contribution in [-0.2, 0) is 10.8 Å². The Morgan fingerprint density at radius 1 is 0.333 bits per heavy atom. The zero-order valence-corrected chi connectivity index (χ0v) is 38.2. The first-order valence-electron chi connectivity index (χ1n) is 23.2. The van der Waals surface area contributed by atoms with E-state index in [1.165, 1.54) is 137 Å². The molecule has 3 aliphatic carbocycles. The molecule has 0 aliphatic heterocycles. The highest BCUT2D eigenvalue weighted by atomic mass is 32.1. The molecule has 0 radical (unpaired) electrons. The first-order chi connectivity index (χ1) is 32.2. The first-order valence-corrected chi connectivity index (χ1v) is 24.1. The van der Waals surface area contributed by atoms with Crippen LogP contribution in [0.3, 0.4) is 0 Å². The molecule has 10 aromatic carbocycles. The molecule has 0 bridgehead atoms. The highest BCUT2D eigenvalue weighted by Gasteiger charge is 2.39. The molecule has 1 aromatic heterocycles. The van der Waals surface area contributed by atoms with E-state index in [4.69, 9.17) is 0 Å². The molecule has 0 atom stereocenters. The number of hydrogen-bond donors (Lipinski definition) is 0. The first kappa shape index (κ1) is 37.8. The second-order valence-electron chi connectivity index (χ2n) is 19.6. The van der Waals surface area contributed by atoms with E-state index in [1.54, 1.807) is 0 Å². The van der Waals surface area contributed by atoms with E-state index in [9.17, 15) is 0 Å². The summed E-state index contributed by atoms with van der Waals surface area (Å²) in [7, 11) is 0. The van der Waals surface area contributed by atoms with E-state index in [1.807, 2.05) is 11.3 Å². The van der Waals surface area contributed by atoms with Crippen LogP contribution in [0.5, 0.6) is 0 Å². The molecule has 1 nitrogen and oxygen atoms in total. The highest BCUT2D eigenvalue weighted by Crippen LogP contribution is 2.56. The normalized spacial score (nSPS) is 14.3. The van der Waals surface area contributed by atoms with Gasteiger partial charge in [-0.05, 0) is 143 Å². The zero-order valence-electron chi connectivity index (χ0n) is 37.4. The minimum absolute atomic E-state index is 0.194. The largest absolute Gasteiger partial charge is 0.310 e. The van der Waals surface area contributed by atoms with Gasteiger partial charge >= 0.3 is 0 Å². The summed E-state index contributed by atoms with van der Waals surface area (Å²) in [4.78, 5) is 2.55. The summed E-state index contributed by atoms with van der Waals surface area (Å²) < 4.78 is 2.69. The third-order valence-corrected chi connectivity index (χ3v) is 16.6. The molecule has 0 saturated heterocycles. The van der Waals surface area contributed by atoms with E-state index < -0.39 is 0 Å². The molecule has 0 amide bonds. The summed E-state index contributed by atoms with van der Waals surface area (Å²) in [6.07, 6.45) is 0. The molecule has 0 N–H and O–H groups in total. The third kappa shape index (κ3) is 5.16. The molecule has 0 unspecified atom stereocenters. The fourth-order valence-electron chi connectivity index (χ4n) is 12.1.